The molecule has 0 N–H and O–H groups in total. The fourth-order valence-corrected chi connectivity index (χ4v) is 4.21. The third-order valence-corrected chi connectivity index (χ3v) is 5.61. The van der Waals surface area contributed by atoms with Crippen LogP contribution in [0.25, 0.3) is 0 Å². The molecule has 0 saturated carbocycles. The Labute approximate surface area is 149 Å². The number of aromatic nitrogens is 1. The minimum absolute atomic E-state index is 0.143. The van der Waals surface area contributed by atoms with Crippen LogP contribution in [0.15, 0.2) is 48.8 Å². The molecule has 0 aliphatic carbocycles. The van der Waals surface area contributed by atoms with Crippen LogP contribution in [0.1, 0.15) is 34.3 Å². The maximum atomic E-state index is 13.0. The van der Waals surface area contributed by atoms with Crippen molar-refractivity contribution in [3.8, 4) is 0 Å². The molecule has 0 unspecified atom stereocenters. The van der Waals surface area contributed by atoms with E-state index in [9.17, 15) is 4.79 Å². The standard InChI is InChI=1S/C21H25N3O/c1-16-9-10-22-11-20(16)21(25)24-14-18-7-8-19(15-24)23(13-18)12-17-5-3-2-4-6-17/h2-6,9-11,18-19H,7-8,12-15H2,1H3/t18-,19-/m1/s1. The Kier molecular flexibility index (Phi) is 4.53. The highest BCUT2D eigenvalue weighted by Crippen LogP contribution is 2.30. The van der Waals surface area contributed by atoms with Crippen molar-refractivity contribution in [2.45, 2.75) is 32.4 Å². The van der Waals surface area contributed by atoms with Gasteiger partial charge in [-0.3, -0.25) is 14.7 Å². The van der Waals surface area contributed by atoms with E-state index in [1.807, 2.05) is 13.0 Å². The first-order chi connectivity index (χ1) is 12.2. The molecule has 3 saturated heterocycles. The number of aryl methyl sites for hydroxylation is 1. The molecule has 1 aromatic heterocycles. The summed E-state index contributed by atoms with van der Waals surface area (Å²) in [7, 11) is 0. The summed E-state index contributed by atoms with van der Waals surface area (Å²) < 4.78 is 0. The summed E-state index contributed by atoms with van der Waals surface area (Å²) in [6.45, 7) is 5.76. The summed E-state index contributed by atoms with van der Waals surface area (Å²) in [4.78, 5) is 21.8. The summed E-state index contributed by atoms with van der Waals surface area (Å²) in [6.07, 6.45) is 5.88. The number of rotatable bonds is 3. The summed E-state index contributed by atoms with van der Waals surface area (Å²) in [5, 5.41) is 0. The second-order valence-electron chi connectivity index (χ2n) is 7.41. The normalized spacial score (nSPS) is 23.5. The highest BCUT2D eigenvalue weighted by atomic mass is 16.2. The lowest BCUT2D eigenvalue weighted by molar-refractivity contribution is 0.0735. The van der Waals surface area contributed by atoms with Gasteiger partial charge in [0.25, 0.3) is 5.91 Å². The van der Waals surface area contributed by atoms with Crippen LogP contribution in [0, 0.1) is 12.8 Å². The molecule has 3 aliphatic heterocycles. The monoisotopic (exact) mass is 335 g/mol. The number of hydrogen-bond acceptors (Lipinski definition) is 3. The fraction of sp³-hybridized carbons (Fsp3) is 0.429. The zero-order valence-corrected chi connectivity index (χ0v) is 14.8. The van der Waals surface area contributed by atoms with Crippen molar-refractivity contribution in [1.82, 2.24) is 14.8 Å². The van der Waals surface area contributed by atoms with E-state index < -0.39 is 0 Å². The lowest BCUT2D eigenvalue weighted by Gasteiger charge is -2.36. The molecule has 3 fully saturated rings. The minimum Gasteiger partial charge on any atom is -0.337 e. The molecule has 0 spiro atoms. The number of piperidine rings is 1. The van der Waals surface area contributed by atoms with Crippen LogP contribution in [-0.2, 0) is 6.54 Å². The second-order valence-corrected chi connectivity index (χ2v) is 7.41. The number of carbonyl (C=O) groups is 1. The molecule has 2 bridgehead atoms. The van der Waals surface area contributed by atoms with Gasteiger partial charge in [-0.25, -0.2) is 0 Å². The van der Waals surface area contributed by atoms with Gasteiger partial charge in [-0.1, -0.05) is 30.3 Å². The summed E-state index contributed by atoms with van der Waals surface area (Å²) in [5.74, 6) is 0.715. The Morgan fingerprint density at radius 3 is 2.76 bits per heavy atom. The van der Waals surface area contributed by atoms with Gasteiger partial charge in [0.2, 0.25) is 0 Å². The van der Waals surface area contributed by atoms with E-state index in [-0.39, 0.29) is 5.91 Å². The first-order valence-electron chi connectivity index (χ1n) is 9.18. The molecule has 2 atom stereocenters. The van der Waals surface area contributed by atoms with E-state index in [2.05, 4.69) is 45.1 Å². The van der Waals surface area contributed by atoms with Crippen LogP contribution in [0.3, 0.4) is 0 Å². The molecule has 25 heavy (non-hydrogen) atoms. The van der Waals surface area contributed by atoms with E-state index in [1.165, 1.54) is 18.4 Å². The molecule has 4 heterocycles. The minimum atomic E-state index is 0.143. The molecule has 0 radical (unpaired) electrons. The Balaban J connectivity index is 1.51. The second kappa shape index (κ2) is 6.96. The predicted octanol–water partition coefficient (Wildman–Crippen LogP) is 3.13. The Hall–Kier alpha value is -2.20. The van der Waals surface area contributed by atoms with E-state index in [0.717, 1.165) is 37.3 Å². The van der Waals surface area contributed by atoms with Crippen LogP contribution in [-0.4, -0.2) is 46.4 Å². The van der Waals surface area contributed by atoms with Crippen molar-refractivity contribution in [1.29, 1.82) is 0 Å². The maximum Gasteiger partial charge on any atom is 0.255 e. The number of pyridine rings is 1. The van der Waals surface area contributed by atoms with Crippen LogP contribution in [0.4, 0.5) is 0 Å². The molecule has 3 aliphatic rings. The number of nitrogens with zero attached hydrogens (tertiary/aromatic N) is 3. The van der Waals surface area contributed by atoms with Crippen LogP contribution in [0.5, 0.6) is 0 Å². The quantitative estimate of drug-likeness (QED) is 0.865. The first kappa shape index (κ1) is 16.3. The number of benzene rings is 1. The lowest BCUT2D eigenvalue weighted by Crippen LogP contribution is -2.44. The average Bonchev–Trinajstić information content (AvgIpc) is 2.94. The molecule has 1 aromatic carbocycles. The molecule has 1 amide bonds. The first-order valence-corrected chi connectivity index (χ1v) is 9.18. The topological polar surface area (TPSA) is 36.4 Å². The molecular weight excluding hydrogens is 310 g/mol. The van der Waals surface area contributed by atoms with E-state index >= 15 is 0 Å². The number of carbonyl (C=O) groups excluding carboxylic acids is 1. The highest BCUT2D eigenvalue weighted by Gasteiger charge is 2.36. The van der Waals surface area contributed by atoms with Crippen molar-refractivity contribution in [3.05, 3.63) is 65.5 Å². The van der Waals surface area contributed by atoms with E-state index in [4.69, 9.17) is 0 Å². The summed E-state index contributed by atoms with van der Waals surface area (Å²) in [5.41, 5.74) is 3.12. The van der Waals surface area contributed by atoms with Crippen LogP contribution < -0.4 is 0 Å². The van der Waals surface area contributed by atoms with E-state index in [1.54, 1.807) is 12.4 Å². The number of amides is 1. The van der Waals surface area contributed by atoms with Gasteiger partial charge in [0, 0.05) is 44.6 Å². The molecule has 4 nitrogen and oxygen atoms in total. The average molecular weight is 335 g/mol. The Bertz CT molecular complexity index is 746. The van der Waals surface area contributed by atoms with Gasteiger partial charge >= 0.3 is 0 Å². The van der Waals surface area contributed by atoms with Crippen molar-refractivity contribution in [3.63, 3.8) is 0 Å². The SMILES string of the molecule is Cc1ccncc1C(=O)N1C[C@@H]2CC[C@H](C1)N(Cc1ccccc1)C2. The van der Waals surface area contributed by atoms with Gasteiger partial charge in [-0.15, -0.1) is 0 Å². The highest BCUT2D eigenvalue weighted by molar-refractivity contribution is 5.95. The maximum absolute atomic E-state index is 13.0. The van der Waals surface area contributed by atoms with Crippen molar-refractivity contribution >= 4 is 5.91 Å². The largest absolute Gasteiger partial charge is 0.337 e. The Morgan fingerprint density at radius 1 is 1.12 bits per heavy atom. The predicted molar refractivity (Wildman–Crippen MR) is 98.2 cm³/mol. The van der Waals surface area contributed by atoms with Crippen molar-refractivity contribution < 1.29 is 4.79 Å². The van der Waals surface area contributed by atoms with Gasteiger partial charge in [-0.05, 0) is 42.9 Å². The zero-order valence-electron chi connectivity index (χ0n) is 14.8. The van der Waals surface area contributed by atoms with Gasteiger partial charge < -0.3 is 4.90 Å². The van der Waals surface area contributed by atoms with Gasteiger partial charge in [0.15, 0.2) is 0 Å². The lowest BCUT2D eigenvalue weighted by atomic mass is 9.94. The zero-order chi connectivity index (χ0) is 17.2. The molecule has 4 heteroatoms. The van der Waals surface area contributed by atoms with Crippen molar-refractivity contribution in [2.75, 3.05) is 19.6 Å². The number of fused-ring (bicyclic) bond motifs is 4. The van der Waals surface area contributed by atoms with E-state index in [0.29, 0.717) is 12.0 Å². The van der Waals surface area contributed by atoms with Gasteiger partial charge in [0.1, 0.15) is 0 Å². The third-order valence-electron chi connectivity index (χ3n) is 5.61. The van der Waals surface area contributed by atoms with Crippen molar-refractivity contribution in [2.24, 2.45) is 5.92 Å². The van der Waals surface area contributed by atoms with Gasteiger partial charge in [0.05, 0.1) is 5.56 Å². The van der Waals surface area contributed by atoms with Crippen LogP contribution in [0.2, 0.25) is 0 Å². The number of hydrogen-bond donors (Lipinski definition) is 0. The third kappa shape index (κ3) is 3.45. The van der Waals surface area contributed by atoms with Crippen LogP contribution >= 0.6 is 0 Å². The molecule has 2 aromatic rings. The smallest absolute Gasteiger partial charge is 0.255 e. The molecular formula is C21H25N3O. The summed E-state index contributed by atoms with van der Waals surface area (Å²) in [6, 6.07) is 13.0. The Morgan fingerprint density at radius 2 is 1.96 bits per heavy atom. The van der Waals surface area contributed by atoms with Gasteiger partial charge in [-0.2, -0.15) is 0 Å². The molecule has 130 valence electrons. The fourth-order valence-electron chi connectivity index (χ4n) is 4.21. The summed E-state index contributed by atoms with van der Waals surface area (Å²) >= 11 is 0. The molecule has 5 rings (SSSR count).